The van der Waals surface area contributed by atoms with Crippen molar-refractivity contribution in [1.82, 2.24) is 14.8 Å². The van der Waals surface area contributed by atoms with E-state index in [4.69, 9.17) is 14.7 Å². The number of ether oxygens (including phenoxy) is 2. The fraction of sp³-hybridized carbons (Fsp3) is 0.323. The van der Waals surface area contributed by atoms with Crippen LogP contribution in [0.3, 0.4) is 0 Å². The van der Waals surface area contributed by atoms with Gasteiger partial charge in [-0.2, -0.15) is 5.26 Å². The van der Waals surface area contributed by atoms with Crippen LogP contribution in [0.5, 0.6) is 0 Å². The van der Waals surface area contributed by atoms with Gasteiger partial charge in [-0.15, -0.1) is 0 Å². The Bertz CT molecular complexity index is 1320. The number of nitriles is 1. The highest BCUT2D eigenvalue weighted by atomic mass is 16.6. The number of rotatable bonds is 8. The normalized spacial score (nSPS) is 18.1. The van der Waals surface area contributed by atoms with Crippen LogP contribution in [0.15, 0.2) is 96.6 Å². The number of hydrogen-bond acceptors (Lipinski definition) is 7. The number of piperazine rings is 1. The van der Waals surface area contributed by atoms with Gasteiger partial charge in [-0.3, -0.25) is 14.6 Å². The molecule has 200 valence electrons. The lowest BCUT2D eigenvalue weighted by Gasteiger charge is -2.40. The van der Waals surface area contributed by atoms with Gasteiger partial charge in [0.2, 0.25) is 5.88 Å². The third-order valence-corrected chi connectivity index (χ3v) is 7.25. The molecule has 1 fully saturated rings. The van der Waals surface area contributed by atoms with E-state index in [0.29, 0.717) is 23.5 Å². The molecule has 0 N–H and O–H groups in total. The number of benzene rings is 1. The predicted molar refractivity (Wildman–Crippen MR) is 149 cm³/mol. The zero-order valence-corrected chi connectivity index (χ0v) is 22.2. The van der Waals surface area contributed by atoms with Crippen LogP contribution in [-0.4, -0.2) is 59.5 Å². The van der Waals surface area contributed by atoms with Crippen molar-refractivity contribution in [3.8, 4) is 6.07 Å². The van der Waals surface area contributed by atoms with Crippen LogP contribution >= 0.6 is 0 Å². The van der Waals surface area contributed by atoms with Gasteiger partial charge in [0.05, 0.1) is 11.6 Å². The summed E-state index contributed by atoms with van der Waals surface area (Å²) < 4.78 is 11.8. The Hall–Kier alpha value is -4.35. The van der Waals surface area contributed by atoms with Gasteiger partial charge in [-0.25, -0.2) is 4.98 Å². The van der Waals surface area contributed by atoms with E-state index in [0.717, 1.165) is 57.1 Å². The Balaban J connectivity index is 1.17. The number of aromatic nitrogens is 1. The van der Waals surface area contributed by atoms with Gasteiger partial charge in [-0.1, -0.05) is 29.9 Å². The molecule has 3 heterocycles. The van der Waals surface area contributed by atoms with E-state index in [1.54, 1.807) is 47.9 Å². The van der Waals surface area contributed by atoms with E-state index in [9.17, 15) is 4.79 Å². The summed E-state index contributed by atoms with van der Waals surface area (Å²) in [6.07, 6.45) is 14.5. The zero-order chi connectivity index (χ0) is 27.0. The Morgan fingerprint density at radius 2 is 1.92 bits per heavy atom. The number of carbonyl (C=O) groups excluding carboxylic acids is 1. The van der Waals surface area contributed by atoms with Crippen molar-refractivity contribution in [3.63, 3.8) is 0 Å². The maximum atomic E-state index is 13.5. The van der Waals surface area contributed by atoms with Gasteiger partial charge in [0.25, 0.3) is 5.91 Å². The highest BCUT2D eigenvalue weighted by molar-refractivity contribution is 6.05. The third-order valence-electron chi connectivity index (χ3n) is 7.25. The number of nitrogens with zero attached hydrogens (tertiary/aromatic N) is 5. The molecule has 0 saturated carbocycles. The van der Waals surface area contributed by atoms with Crippen molar-refractivity contribution in [2.24, 2.45) is 0 Å². The van der Waals surface area contributed by atoms with Crippen molar-refractivity contribution in [3.05, 3.63) is 108 Å². The molecule has 39 heavy (non-hydrogen) atoms. The SMILES string of the molecule is CC(CN(C(=O)c1ccc(C#N)cc1)c1ccccn1)N1CCN(C2=COC(CC3=CC=CCC3)=CO2)CC1. The maximum Gasteiger partial charge on any atom is 0.259 e. The van der Waals surface area contributed by atoms with Crippen molar-refractivity contribution in [2.75, 3.05) is 37.6 Å². The fourth-order valence-corrected chi connectivity index (χ4v) is 4.96. The first-order chi connectivity index (χ1) is 19.1. The average Bonchev–Trinajstić information content (AvgIpc) is 3.01. The number of allylic oxidation sites excluding steroid dienone is 4. The molecule has 1 amide bonds. The molecule has 1 atom stereocenters. The molecule has 1 saturated heterocycles. The second kappa shape index (κ2) is 12.5. The average molecular weight is 524 g/mol. The highest BCUT2D eigenvalue weighted by Crippen LogP contribution is 2.25. The summed E-state index contributed by atoms with van der Waals surface area (Å²) in [5, 5.41) is 9.10. The first kappa shape index (κ1) is 26.3. The minimum atomic E-state index is -0.135. The van der Waals surface area contributed by atoms with E-state index in [2.05, 4.69) is 46.0 Å². The van der Waals surface area contributed by atoms with Crippen molar-refractivity contribution in [1.29, 1.82) is 5.26 Å². The van der Waals surface area contributed by atoms with Gasteiger partial charge in [0.15, 0.2) is 6.26 Å². The van der Waals surface area contributed by atoms with E-state index in [1.807, 2.05) is 18.2 Å². The van der Waals surface area contributed by atoms with Crippen LogP contribution in [0.4, 0.5) is 5.82 Å². The van der Waals surface area contributed by atoms with E-state index in [-0.39, 0.29) is 11.9 Å². The summed E-state index contributed by atoms with van der Waals surface area (Å²) >= 11 is 0. The van der Waals surface area contributed by atoms with Crippen molar-refractivity contribution >= 4 is 11.7 Å². The topological polar surface area (TPSA) is 81.9 Å². The number of carbonyl (C=O) groups is 1. The standard InChI is InChI=1S/C31H33N5O3/c1-24(21-36(29-9-5-6-14-33-29)31(37)27-12-10-26(20-32)11-13-27)34-15-17-35(18-16-34)30-23-38-28(22-39-30)19-25-7-3-2-4-8-25/h2-3,5-7,9-14,22-24H,4,8,15-19,21H2,1H3. The lowest BCUT2D eigenvalue weighted by atomic mass is 10.0. The lowest BCUT2D eigenvalue weighted by molar-refractivity contribution is 0.0678. The second-order valence-corrected chi connectivity index (χ2v) is 9.91. The van der Waals surface area contributed by atoms with E-state index in [1.165, 1.54) is 5.57 Å². The molecule has 3 aliphatic rings. The molecular weight excluding hydrogens is 490 g/mol. The summed E-state index contributed by atoms with van der Waals surface area (Å²) in [4.78, 5) is 24.2. The number of hydrogen-bond donors (Lipinski definition) is 0. The van der Waals surface area contributed by atoms with Crippen LogP contribution < -0.4 is 4.90 Å². The van der Waals surface area contributed by atoms with E-state index < -0.39 is 0 Å². The number of pyridine rings is 1. The molecule has 1 aliphatic carbocycles. The molecule has 1 aromatic carbocycles. The number of amides is 1. The Morgan fingerprint density at radius 1 is 1.10 bits per heavy atom. The summed E-state index contributed by atoms with van der Waals surface area (Å²) in [7, 11) is 0. The Labute approximate surface area is 229 Å². The van der Waals surface area contributed by atoms with Crippen LogP contribution in [0.2, 0.25) is 0 Å². The molecule has 1 aromatic heterocycles. The summed E-state index contributed by atoms with van der Waals surface area (Å²) in [5.74, 6) is 2.03. The highest BCUT2D eigenvalue weighted by Gasteiger charge is 2.28. The quantitative estimate of drug-likeness (QED) is 0.484. The van der Waals surface area contributed by atoms with Gasteiger partial charge in [0, 0.05) is 56.9 Å². The monoisotopic (exact) mass is 523 g/mol. The van der Waals surface area contributed by atoms with Gasteiger partial charge < -0.3 is 14.4 Å². The molecule has 8 nitrogen and oxygen atoms in total. The van der Waals surface area contributed by atoms with Gasteiger partial charge >= 0.3 is 0 Å². The van der Waals surface area contributed by atoms with Crippen LogP contribution in [0.25, 0.3) is 0 Å². The minimum absolute atomic E-state index is 0.110. The van der Waals surface area contributed by atoms with Crippen LogP contribution in [0.1, 0.15) is 42.1 Å². The van der Waals surface area contributed by atoms with Gasteiger partial charge in [0.1, 0.15) is 17.8 Å². The second-order valence-electron chi connectivity index (χ2n) is 9.91. The Morgan fingerprint density at radius 3 is 2.56 bits per heavy atom. The van der Waals surface area contributed by atoms with Crippen molar-refractivity contribution in [2.45, 2.75) is 32.2 Å². The molecule has 2 aliphatic heterocycles. The summed E-state index contributed by atoms with van der Waals surface area (Å²) in [6, 6.07) is 14.5. The van der Waals surface area contributed by atoms with E-state index >= 15 is 0 Å². The fourth-order valence-electron chi connectivity index (χ4n) is 4.96. The molecule has 0 bridgehead atoms. The Kier molecular flexibility index (Phi) is 8.39. The predicted octanol–water partition coefficient (Wildman–Crippen LogP) is 4.96. The smallest absolute Gasteiger partial charge is 0.259 e. The minimum Gasteiger partial charge on any atom is -0.460 e. The molecule has 0 spiro atoms. The summed E-state index contributed by atoms with van der Waals surface area (Å²) in [5.41, 5.74) is 2.40. The zero-order valence-electron chi connectivity index (χ0n) is 22.2. The van der Waals surface area contributed by atoms with Crippen LogP contribution in [0, 0.1) is 11.3 Å². The third kappa shape index (κ3) is 6.57. The lowest BCUT2D eigenvalue weighted by Crippen LogP contribution is -2.53. The largest absolute Gasteiger partial charge is 0.460 e. The number of anilines is 1. The molecule has 2 aromatic rings. The molecule has 8 heteroatoms. The summed E-state index contributed by atoms with van der Waals surface area (Å²) in [6.45, 7) is 5.89. The maximum absolute atomic E-state index is 13.5. The van der Waals surface area contributed by atoms with Gasteiger partial charge in [-0.05, 0) is 56.2 Å². The molecular formula is C31H33N5O3. The molecule has 0 radical (unpaired) electrons. The molecule has 1 unspecified atom stereocenters. The first-order valence-electron chi connectivity index (χ1n) is 13.4. The first-order valence-corrected chi connectivity index (χ1v) is 13.4. The van der Waals surface area contributed by atoms with Crippen molar-refractivity contribution < 1.29 is 14.3 Å². The molecule has 5 rings (SSSR count). The van der Waals surface area contributed by atoms with Crippen LogP contribution in [-0.2, 0) is 9.47 Å².